The Labute approximate surface area is 174 Å². The van der Waals surface area contributed by atoms with Crippen molar-refractivity contribution in [3.63, 3.8) is 0 Å². The number of allylic oxidation sites excluding steroid dienone is 2. The molecule has 0 aliphatic rings. The minimum absolute atomic E-state index is 0.0114. The summed E-state index contributed by atoms with van der Waals surface area (Å²) in [4.78, 5) is 0. The predicted molar refractivity (Wildman–Crippen MR) is 130 cm³/mol. The summed E-state index contributed by atoms with van der Waals surface area (Å²) in [5.74, 6) is 5.03. The third kappa shape index (κ3) is 22.1. The summed E-state index contributed by atoms with van der Waals surface area (Å²) in [6.45, 7) is 6.93. The molecule has 0 unspecified atom stereocenters. The van der Waals surface area contributed by atoms with Crippen LogP contribution in [0.1, 0.15) is 136 Å². The Bertz CT molecular complexity index is 288. The zero-order valence-corrected chi connectivity index (χ0v) is 20.1. The van der Waals surface area contributed by atoms with E-state index in [-0.39, 0.29) is 7.92 Å². The van der Waals surface area contributed by atoms with Gasteiger partial charge in [-0.15, -0.1) is 0 Å². The van der Waals surface area contributed by atoms with Gasteiger partial charge in [0.05, 0.1) is 0 Å². The maximum absolute atomic E-state index is 2.51. The van der Waals surface area contributed by atoms with E-state index in [1.165, 1.54) is 122 Å². The molecule has 0 aromatic rings. The van der Waals surface area contributed by atoms with E-state index in [2.05, 4.69) is 44.6 Å². The van der Waals surface area contributed by atoms with Crippen LogP contribution >= 0.6 is 7.92 Å². The summed E-state index contributed by atoms with van der Waals surface area (Å²) in [5, 5.41) is 0. The maximum atomic E-state index is 2.51. The van der Waals surface area contributed by atoms with E-state index in [9.17, 15) is 0 Å². The highest BCUT2D eigenvalue weighted by Crippen LogP contribution is 2.38. The summed E-state index contributed by atoms with van der Waals surface area (Å²) in [7, 11) is 0.0114. The quantitative estimate of drug-likeness (QED) is 0.134. The van der Waals surface area contributed by atoms with Gasteiger partial charge in [-0.2, -0.15) is 0 Å². The lowest BCUT2D eigenvalue weighted by atomic mass is 10.1. The van der Waals surface area contributed by atoms with Gasteiger partial charge in [0.1, 0.15) is 0 Å². The molecule has 0 amide bonds. The number of rotatable bonds is 21. The lowest BCUT2D eigenvalue weighted by Crippen LogP contribution is -1.80. The molecule has 0 saturated heterocycles. The number of hydrogen-bond acceptors (Lipinski definition) is 0. The van der Waals surface area contributed by atoms with E-state index in [0.29, 0.717) is 0 Å². The van der Waals surface area contributed by atoms with Gasteiger partial charge in [-0.1, -0.05) is 142 Å². The predicted octanol–water partition coefficient (Wildman–Crippen LogP) is 10.6. The van der Waals surface area contributed by atoms with Crippen LogP contribution in [-0.4, -0.2) is 6.16 Å². The second-order valence-corrected chi connectivity index (χ2v) is 10.4. The molecule has 0 aromatic carbocycles. The lowest BCUT2D eigenvalue weighted by Gasteiger charge is -2.05. The second kappa shape index (κ2) is 23.9. The van der Waals surface area contributed by atoms with Gasteiger partial charge in [0.2, 0.25) is 0 Å². The maximum Gasteiger partial charge on any atom is -0.0285 e. The average Bonchev–Trinajstić information content (AvgIpc) is 2.69. The first kappa shape index (κ1) is 26.9. The third-order valence-electron chi connectivity index (χ3n) is 5.41. The SMILES string of the molecule is CCCCCCCCCCC=CP(C=CCCCCCCCCCC)CC. The van der Waals surface area contributed by atoms with Crippen molar-refractivity contribution in [2.75, 3.05) is 6.16 Å². The molecule has 0 fully saturated rings. The van der Waals surface area contributed by atoms with Gasteiger partial charge in [0.15, 0.2) is 0 Å². The summed E-state index contributed by atoms with van der Waals surface area (Å²) in [6.07, 6.45) is 31.6. The first-order chi connectivity index (χ1) is 13.3. The van der Waals surface area contributed by atoms with Crippen LogP contribution in [0.15, 0.2) is 23.8 Å². The van der Waals surface area contributed by atoms with E-state index in [1.54, 1.807) is 0 Å². The fourth-order valence-electron chi connectivity index (χ4n) is 3.47. The van der Waals surface area contributed by atoms with Crippen LogP contribution < -0.4 is 0 Å². The van der Waals surface area contributed by atoms with Crippen molar-refractivity contribution in [1.29, 1.82) is 0 Å². The second-order valence-electron chi connectivity index (χ2n) is 8.13. The lowest BCUT2D eigenvalue weighted by molar-refractivity contribution is 0.577. The van der Waals surface area contributed by atoms with Gasteiger partial charge in [0, 0.05) is 0 Å². The monoisotopic (exact) mass is 394 g/mol. The van der Waals surface area contributed by atoms with Gasteiger partial charge in [-0.3, -0.25) is 0 Å². The Morgan fingerprint density at radius 1 is 0.444 bits per heavy atom. The minimum Gasteiger partial charge on any atom is -0.0838 e. The molecule has 0 N–H and O–H groups in total. The van der Waals surface area contributed by atoms with Gasteiger partial charge < -0.3 is 0 Å². The van der Waals surface area contributed by atoms with Crippen molar-refractivity contribution >= 4 is 7.92 Å². The van der Waals surface area contributed by atoms with Crippen LogP contribution in [0.25, 0.3) is 0 Å². The summed E-state index contributed by atoms with van der Waals surface area (Å²) in [5.41, 5.74) is 0. The van der Waals surface area contributed by atoms with Gasteiger partial charge >= 0.3 is 0 Å². The molecule has 0 aliphatic heterocycles. The Kier molecular flexibility index (Phi) is 23.9. The summed E-state index contributed by atoms with van der Waals surface area (Å²) in [6, 6.07) is 0. The van der Waals surface area contributed by atoms with E-state index in [1.807, 2.05) is 0 Å². The van der Waals surface area contributed by atoms with Gasteiger partial charge in [0.25, 0.3) is 0 Å². The van der Waals surface area contributed by atoms with Crippen LogP contribution in [-0.2, 0) is 0 Å². The molecule has 0 nitrogen and oxygen atoms in total. The largest absolute Gasteiger partial charge is 0.0838 e. The molecule has 160 valence electrons. The smallest absolute Gasteiger partial charge is 0.0285 e. The number of unbranched alkanes of at least 4 members (excludes halogenated alkanes) is 16. The number of hydrogen-bond donors (Lipinski definition) is 0. The van der Waals surface area contributed by atoms with Crippen molar-refractivity contribution in [2.45, 2.75) is 136 Å². The Morgan fingerprint density at radius 2 is 0.778 bits per heavy atom. The molecular weight excluding hydrogens is 343 g/mol. The van der Waals surface area contributed by atoms with Crippen LogP contribution in [0.5, 0.6) is 0 Å². The zero-order chi connectivity index (χ0) is 19.8. The van der Waals surface area contributed by atoms with E-state index < -0.39 is 0 Å². The molecular formula is C26H51P. The highest BCUT2D eigenvalue weighted by Gasteiger charge is 1.95. The topological polar surface area (TPSA) is 0 Å². The molecule has 0 bridgehead atoms. The molecule has 0 atom stereocenters. The van der Waals surface area contributed by atoms with E-state index in [4.69, 9.17) is 0 Å². The van der Waals surface area contributed by atoms with E-state index >= 15 is 0 Å². The zero-order valence-electron chi connectivity index (χ0n) is 19.2. The van der Waals surface area contributed by atoms with Crippen molar-refractivity contribution in [3.8, 4) is 0 Å². The first-order valence-corrected chi connectivity index (χ1v) is 14.1. The molecule has 27 heavy (non-hydrogen) atoms. The molecule has 0 spiro atoms. The average molecular weight is 395 g/mol. The third-order valence-corrected chi connectivity index (χ3v) is 7.33. The normalized spacial score (nSPS) is 13.1. The van der Waals surface area contributed by atoms with Crippen LogP contribution in [0.2, 0.25) is 0 Å². The standard InChI is InChI=1S/C26H51P/c1-4-7-9-11-13-15-17-19-21-23-25-27(6-3)26-24-22-20-18-16-14-12-10-8-5-2/h23-26H,4-22H2,1-3H3. The van der Waals surface area contributed by atoms with E-state index in [0.717, 1.165) is 0 Å². The first-order valence-electron chi connectivity index (χ1n) is 12.4. The fraction of sp³-hybridized carbons (Fsp3) is 0.846. The van der Waals surface area contributed by atoms with Crippen LogP contribution in [0.3, 0.4) is 0 Å². The molecule has 1 heteroatoms. The Morgan fingerprint density at radius 3 is 1.11 bits per heavy atom. The molecule has 0 saturated carbocycles. The molecule has 0 heterocycles. The van der Waals surface area contributed by atoms with Crippen molar-refractivity contribution < 1.29 is 0 Å². The van der Waals surface area contributed by atoms with Crippen molar-refractivity contribution in [1.82, 2.24) is 0 Å². The van der Waals surface area contributed by atoms with Crippen LogP contribution in [0.4, 0.5) is 0 Å². The molecule has 0 rings (SSSR count). The van der Waals surface area contributed by atoms with Crippen molar-refractivity contribution in [2.24, 2.45) is 0 Å². The van der Waals surface area contributed by atoms with Crippen LogP contribution in [0, 0.1) is 0 Å². The van der Waals surface area contributed by atoms with Crippen molar-refractivity contribution in [3.05, 3.63) is 23.8 Å². The highest BCUT2D eigenvalue weighted by atomic mass is 31.1. The highest BCUT2D eigenvalue weighted by molar-refractivity contribution is 7.63. The van der Waals surface area contributed by atoms with Gasteiger partial charge in [-0.05, 0) is 31.8 Å². The minimum atomic E-state index is 0.0114. The molecule has 0 radical (unpaired) electrons. The Hall–Kier alpha value is -0.0900. The Balaban J connectivity index is 3.50. The molecule has 0 aromatic heterocycles. The summed E-state index contributed by atoms with van der Waals surface area (Å²) >= 11 is 0. The van der Waals surface area contributed by atoms with Gasteiger partial charge in [-0.25, -0.2) is 0 Å². The fourth-order valence-corrected chi connectivity index (χ4v) is 4.83. The molecule has 0 aliphatic carbocycles. The summed E-state index contributed by atoms with van der Waals surface area (Å²) < 4.78 is 0.